The molecule has 0 atom stereocenters. The first-order valence-electron chi connectivity index (χ1n) is 4.07. The first kappa shape index (κ1) is 11.3. The van der Waals surface area contributed by atoms with E-state index >= 15 is 0 Å². The number of aromatic nitrogens is 3. The maximum absolute atomic E-state index is 11.7. The number of hydrogen-bond acceptors (Lipinski definition) is 5. The van der Waals surface area contributed by atoms with Crippen LogP contribution >= 0.6 is 34.7 Å². The SMILES string of the molecule is O=C(Nc1cnns1)c1cc(Cl)nc(Cl)c1. The quantitative estimate of drug-likeness (QED) is 0.855. The summed E-state index contributed by atoms with van der Waals surface area (Å²) in [6, 6.07) is 2.86. The molecule has 5 nitrogen and oxygen atoms in total. The highest BCUT2D eigenvalue weighted by atomic mass is 35.5. The number of nitrogens with zero attached hydrogens (tertiary/aromatic N) is 3. The second-order valence-corrected chi connectivity index (χ2v) is 4.30. The number of nitrogens with one attached hydrogen (secondary N) is 1. The molecule has 0 saturated heterocycles. The van der Waals surface area contributed by atoms with Crippen molar-refractivity contribution in [1.82, 2.24) is 14.6 Å². The fraction of sp³-hybridized carbons (Fsp3) is 0. The van der Waals surface area contributed by atoms with Gasteiger partial charge in [0.1, 0.15) is 15.3 Å². The zero-order valence-electron chi connectivity index (χ0n) is 7.65. The lowest BCUT2D eigenvalue weighted by atomic mass is 10.2. The second-order valence-electron chi connectivity index (χ2n) is 2.74. The van der Waals surface area contributed by atoms with E-state index in [4.69, 9.17) is 23.2 Å². The second kappa shape index (κ2) is 4.73. The van der Waals surface area contributed by atoms with Gasteiger partial charge in [0.2, 0.25) is 0 Å². The largest absolute Gasteiger partial charge is 0.311 e. The fourth-order valence-electron chi connectivity index (χ4n) is 1.00. The number of rotatable bonds is 2. The highest BCUT2D eigenvalue weighted by Gasteiger charge is 2.09. The zero-order valence-corrected chi connectivity index (χ0v) is 9.97. The van der Waals surface area contributed by atoms with Gasteiger partial charge < -0.3 is 5.32 Å². The monoisotopic (exact) mass is 274 g/mol. The maximum Gasteiger partial charge on any atom is 0.256 e. The van der Waals surface area contributed by atoms with Crippen molar-refractivity contribution in [2.75, 3.05) is 5.32 Å². The Bertz CT molecular complexity index is 497. The van der Waals surface area contributed by atoms with E-state index in [1.807, 2.05) is 0 Å². The molecule has 0 aliphatic rings. The third-order valence-corrected chi connectivity index (χ3v) is 2.59. The Morgan fingerprint density at radius 2 is 2.00 bits per heavy atom. The molecule has 0 fully saturated rings. The molecule has 0 spiro atoms. The molecular formula is C8H4Cl2N4OS. The lowest BCUT2D eigenvalue weighted by Gasteiger charge is -2.02. The number of carbonyl (C=O) groups is 1. The molecule has 0 aromatic carbocycles. The van der Waals surface area contributed by atoms with E-state index < -0.39 is 0 Å². The predicted molar refractivity (Wildman–Crippen MR) is 62.1 cm³/mol. The summed E-state index contributed by atoms with van der Waals surface area (Å²) in [7, 11) is 0. The number of anilines is 1. The van der Waals surface area contributed by atoms with Crippen LogP contribution in [0.5, 0.6) is 0 Å². The van der Waals surface area contributed by atoms with Crippen LogP contribution in [-0.4, -0.2) is 20.5 Å². The molecule has 2 aromatic rings. The minimum Gasteiger partial charge on any atom is -0.311 e. The van der Waals surface area contributed by atoms with Gasteiger partial charge in [-0.15, -0.1) is 5.10 Å². The summed E-state index contributed by atoms with van der Waals surface area (Å²) in [5, 5.41) is 7.08. The van der Waals surface area contributed by atoms with E-state index in [0.29, 0.717) is 10.6 Å². The van der Waals surface area contributed by atoms with Crippen molar-refractivity contribution in [1.29, 1.82) is 0 Å². The fourth-order valence-corrected chi connectivity index (χ4v) is 1.88. The molecule has 0 unspecified atom stereocenters. The number of carbonyl (C=O) groups excluding carboxylic acids is 1. The van der Waals surface area contributed by atoms with Crippen LogP contribution in [0.1, 0.15) is 10.4 Å². The first-order chi connectivity index (χ1) is 7.65. The van der Waals surface area contributed by atoms with Gasteiger partial charge in [-0.05, 0) is 12.1 Å². The molecule has 0 radical (unpaired) electrons. The molecule has 2 rings (SSSR count). The van der Waals surface area contributed by atoms with Crippen molar-refractivity contribution in [3.05, 3.63) is 34.2 Å². The van der Waals surface area contributed by atoms with Gasteiger partial charge in [-0.3, -0.25) is 4.79 Å². The van der Waals surface area contributed by atoms with Crippen molar-refractivity contribution in [2.24, 2.45) is 0 Å². The maximum atomic E-state index is 11.7. The highest BCUT2D eigenvalue weighted by molar-refractivity contribution is 7.10. The van der Waals surface area contributed by atoms with E-state index in [9.17, 15) is 4.79 Å². The average molecular weight is 275 g/mol. The Balaban J connectivity index is 2.21. The van der Waals surface area contributed by atoms with Gasteiger partial charge in [-0.2, -0.15) is 0 Å². The Morgan fingerprint density at radius 3 is 2.56 bits per heavy atom. The van der Waals surface area contributed by atoms with E-state index in [1.165, 1.54) is 18.3 Å². The molecule has 82 valence electrons. The Kier molecular flexibility index (Phi) is 3.33. The Labute approximate surface area is 105 Å². The van der Waals surface area contributed by atoms with Gasteiger partial charge in [-0.1, -0.05) is 27.7 Å². The lowest BCUT2D eigenvalue weighted by molar-refractivity contribution is 0.102. The van der Waals surface area contributed by atoms with Crippen molar-refractivity contribution < 1.29 is 4.79 Å². The minimum absolute atomic E-state index is 0.167. The van der Waals surface area contributed by atoms with Crippen LogP contribution in [0.4, 0.5) is 5.00 Å². The third kappa shape index (κ3) is 2.66. The highest BCUT2D eigenvalue weighted by Crippen LogP contribution is 2.17. The molecule has 2 aromatic heterocycles. The van der Waals surface area contributed by atoms with Crippen LogP contribution in [0.15, 0.2) is 18.3 Å². The Morgan fingerprint density at radius 1 is 1.31 bits per heavy atom. The zero-order chi connectivity index (χ0) is 11.5. The molecule has 1 N–H and O–H groups in total. The topological polar surface area (TPSA) is 67.8 Å². The molecule has 2 heterocycles. The summed E-state index contributed by atoms with van der Waals surface area (Å²) >= 11 is 12.4. The molecular weight excluding hydrogens is 271 g/mol. The van der Waals surface area contributed by atoms with Crippen LogP contribution < -0.4 is 5.32 Å². The summed E-state index contributed by atoms with van der Waals surface area (Å²) in [6.07, 6.45) is 1.45. The molecule has 0 bridgehead atoms. The number of hydrogen-bond donors (Lipinski definition) is 1. The molecule has 0 saturated carbocycles. The van der Waals surface area contributed by atoms with Crippen LogP contribution in [0.3, 0.4) is 0 Å². The van der Waals surface area contributed by atoms with Crippen molar-refractivity contribution in [3.63, 3.8) is 0 Å². The van der Waals surface area contributed by atoms with Crippen LogP contribution in [0, 0.1) is 0 Å². The summed E-state index contributed by atoms with van der Waals surface area (Å²) in [6.45, 7) is 0. The van der Waals surface area contributed by atoms with Gasteiger partial charge in [0.25, 0.3) is 5.91 Å². The smallest absolute Gasteiger partial charge is 0.256 e. The van der Waals surface area contributed by atoms with E-state index in [1.54, 1.807) is 0 Å². The minimum atomic E-state index is -0.336. The molecule has 0 aliphatic heterocycles. The van der Waals surface area contributed by atoms with Gasteiger partial charge in [0, 0.05) is 17.1 Å². The van der Waals surface area contributed by atoms with Crippen molar-refractivity contribution in [2.45, 2.75) is 0 Å². The molecule has 16 heavy (non-hydrogen) atoms. The summed E-state index contributed by atoms with van der Waals surface area (Å²) in [4.78, 5) is 15.5. The number of halogens is 2. The predicted octanol–water partition coefficient (Wildman–Crippen LogP) is 2.49. The standard InChI is InChI=1S/C8H4Cl2N4OS/c9-5-1-4(2-6(10)12-5)8(15)13-7-3-11-14-16-7/h1-3H,(H,13,15). The first-order valence-corrected chi connectivity index (χ1v) is 5.60. The van der Waals surface area contributed by atoms with E-state index in [-0.39, 0.29) is 16.2 Å². The van der Waals surface area contributed by atoms with Gasteiger partial charge in [-0.25, -0.2) is 4.98 Å². The summed E-state index contributed by atoms with van der Waals surface area (Å²) < 4.78 is 3.62. The third-order valence-electron chi connectivity index (χ3n) is 1.62. The summed E-state index contributed by atoms with van der Waals surface area (Å²) in [5.74, 6) is -0.336. The van der Waals surface area contributed by atoms with Crippen LogP contribution in [0.25, 0.3) is 0 Å². The van der Waals surface area contributed by atoms with Crippen molar-refractivity contribution >= 4 is 45.6 Å². The number of pyridine rings is 1. The molecule has 8 heteroatoms. The van der Waals surface area contributed by atoms with E-state index in [2.05, 4.69) is 19.9 Å². The van der Waals surface area contributed by atoms with E-state index in [0.717, 1.165) is 11.5 Å². The Hall–Kier alpha value is -1.24. The summed E-state index contributed by atoms with van der Waals surface area (Å²) in [5.41, 5.74) is 0.332. The molecule has 0 aliphatic carbocycles. The lowest BCUT2D eigenvalue weighted by Crippen LogP contribution is -2.11. The normalized spacial score (nSPS) is 10.1. The number of amides is 1. The van der Waals surface area contributed by atoms with Crippen LogP contribution in [0.2, 0.25) is 10.3 Å². The van der Waals surface area contributed by atoms with Gasteiger partial charge in [0.15, 0.2) is 0 Å². The molecule has 1 amide bonds. The average Bonchev–Trinajstić information content (AvgIpc) is 2.68. The van der Waals surface area contributed by atoms with Gasteiger partial charge in [0.05, 0.1) is 6.20 Å². The van der Waals surface area contributed by atoms with Crippen LogP contribution in [-0.2, 0) is 0 Å². The van der Waals surface area contributed by atoms with Crippen molar-refractivity contribution in [3.8, 4) is 0 Å². The van der Waals surface area contributed by atoms with Gasteiger partial charge >= 0.3 is 0 Å².